The standard InChI is InChI=1S/C16H22O7/c17-13(18)11(9-5-1-2-6-9)15(21)23-16(22)12(14(19)20)10-7-3-4-8-10/h9-12H,1-8H2,(H,17,18)(H,19,20). The highest BCUT2D eigenvalue weighted by molar-refractivity contribution is 6.03. The predicted molar refractivity (Wildman–Crippen MR) is 77.3 cm³/mol. The van der Waals surface area contributed by atoms with Crippen molar-refractivity contribution in [2.75, 3.05) is 0 Å². The molecule has 7 nitrogen and oxygen atoms in total. The van der Waals surface area contributed by atoms with Crippen molar-refractivity contribution in [3.05, 3.63) is 0 Å². The van der Waals surface area contributed by atoms with Gasteiger partial charge in [-0.2, -0.15) is 0 Å². The van der Waals surface area contributed by atoms with E-state index in [0.717, 1.165) is 25.7 Å². The number of carbonyl (C=O) groups is 4. The molecule has 2 unspecified atom stereocenters. The van der Waals surface area contributed by atoms with E-state index < -0.39 is 35.7 Å². The summed E-state index contributed by atoms with van der Waals surface area (Å²) in [7, 11) is 0. The van der Waals surface area contributed by atoms with Gasteiger partial charge in [0, 0.05) is 0 Å². The molecule has 23 heavy (non-hydrogen) atoms. The maximum atomic E-state index is 12.1. The first-order valence-corrected chi connectivity index (χ1v) is 8.13. The topological polar surface area (TPSA) is 118 Å². The van der Waals surface area contributed by atoms with Gasteiger partial charge in [0.15, 0.2) is 11.8 Å². The molecular weight excluding hydrogens is 304 g/mol. The Labute approximate surface area is 134 Å². The third-order valence-electron chi connectivity index (χ3n) is 4.98. The summed E-state index contributed by atoms with van der Waals surface area (Å²) < 4.78 is 4.68. The highest BCUT2D eigenvalue weighted by atomic mass is 16.6. The van der Waals surface area contributed by atoms with Crippen LogP contribution >= 0.6 is 0 Å². The lowest BCUT2D eigenvalue weighted by molar-refractivity contribution is -0.173. The highest BCUT2D eigenvalue weighted by Gasteiger charge is 2.43. The van der Waals surface area contributed by atoms with Crippen molar-refractivity contribution in [2.24, 2.45) is 23.7 Å². The molecule has 0 bridgehead atoms. The number of esters is 2. The minimum atomic E-state index is -1.39. The van der Waals surface area contributed by atoms with Crippen molar-refractivity contribution in [3.63, 3.8) is 0 Å². The third kappa shape index (κ3) is 4.09. The number of carbonyl (C=O) groups excluding carboxylic acids is 2. The minimum absolute atomic E-state index is 0.345. The zero-order valence-corrected chi connectivity index (χ0v) is 12.9. The molecule has 0 radical (unpaired) electrons. The van der Waals surface area contributed by atoms with Crippen LogP contribution in [0.2, 0.25) is 0 Å². The fraction of sp³-hybridized carbons (Fsp3) is 0.750. The molecule has 0 amide bonds. The summed E-state index contributed by atoms with van der Waals surface area (Å²) in [6.07, 6.45) is 5.78. The van der Waals surface area contributed by atoms with E-state index in [1.54, 1.807) is 0 Å². The van der Waals surface area contributed by atoms with E-state index in [4.69, 9.17) is 0 Å². The summed E-state index contributed by atoms with van der Waals surface area (Å²) in [5.41, 5.74) is 0. The third-order valence-corrected chi connectivity index (χ3v) is 4.98. The summed E-state index contributed by atoms with van der Waals surface area (Å²) >= 11 is 0. The Morgan fingerprint density at radius 3 is 1.26 bits per heavy atom. The lowest BCUT2D eigenvalue weighted by atomic mass is 9.90. The Hall–Kier alpha value is -1.92. The molecular formula is C16H22O7. The van der Waals surface area contributed by atoms with Crippen molar-refractivity contribution in [1.82, 2.24) is 0 Å². The van der Waals surface area contributed by atoms with E-state index in [0.29, 0.717) is 25.7 Å². The molecule has 2 saturated carbocycles. The van der Waals surface area contributed by atoms with Gasteiger partial charge >= 0.3 is 23.9 Å². The molecule has 2 fully saturated rings. The summed E-state index contributed by atoms with van der Waals surface area (Å²) in [6, 6.07) is 0. The first-order chi connectivity index (χ1) is 10.9. The number of rotatable bonds is 6. The zero-order chi connectivity index (χ0) is 17.0. The summed E-state index contributed by atoms with van der Waals surface area (Å²) in [4.78, 5) is 46.9. The number of carboxylic acid groups (broad SMARTS) is 2. The molecule has 7 heteroatoms. The van der Waals surface area contributed by atoms with E-state index >= 15 is 0 Å². The Bertz CT molecular complexity index is 443. The van der Waals surface area contributed by atoms with E-state index in [1.807, 2.05) is 0 Å². The molecule has 0 saturated heterocycles. The molecule has 2 rings (SSSR count). The molecule has 0 aliphatic heterocycles. The Kier molecular flexibility index (Phi) is 5.74. The molecule has 2 atom stereocenters. The fourth-order valence-corrected chi connectivity index (χ4v) is 3.80. The summed E-state index contributed by atoms with van der Waals surface area (Å²) in [6.45, 7) is 0. The lowest BCUT2D eigenvalue weighted by Gasteiger charge is -2.20. The van der Waals surface area contributed by atoms with Gasteiger partial charge in [0.2, 0.25) is 0 Å². The van der Waals surface area contributed by atoms with Crippen LogP contribution in [0.4, 0.5) is 0 Å². The molecule has 2 aliphatic rings. The van der Waals surface area contributed by atoms with Gasteiger partial charge < -0.3 is 14.9 Å². The normalized spacial score (nSPS) is 21.7. The van der Waals surface area contributed by atoms with Crippen molar-refractivity contribution < 1.29 is 34.1 Å². The molecule has 0 aromatic rings. The van der Waals surface area contributed by atoms with Gasteiger partial charge in [0.1, 0.15) is 0 Å². The van der Waals surface area contributed by atoms with Crippen LogP contribution < -0.4 is 0 Å². The van der Waals surface area contributed by atoms with Crippen molar-refractivity contribution in [3.8, 4) is 0 Å². The summed E-state index contributed by atoms with van der Waals surface area (Å²) in [5, 5.41) is 18.5. The van der Waals surface area contributed by atoms with Crippen LogP contribution in [0, 0.1) is 23.7 Å². The predicted octanol–water partition coefficient (Wildman–Crippen LogP) is 1.84. The quantitative estimate of drug-likeness (QED) is 0.564. The second-order valence-corrected chi connectivity index (χ2v) is 6.46. The van der Waals surface area contributed by atoms with Gasteiger partial charge in [-0.05, 0) is 37.5 Å². The largest absolute Gasteiger partial charge is 0.481 e. The van der Waals surface area contributed by atoms with Crippen LogP contribution in [0.5, 0.6) is 0 Å². The maximum absolute atomic E-state index is 12.1. The van der Waals surface area contributed by atoms with Gasteiger partial charge in [-0.1, -0.05) is 25.7 Å². The van der Waals surface area contributed by atoms with E-state index in [1.165, 1.54) is 0 Å². The molecule has 0 aromatic heterocycles. The molecule has 0 spiro atoms. The number of hydrogen-bond donors (Lipinski definition) is 2. The smallest absolute Gasteiger partial charge is 0.328 e. The minimum Gasteiger partial charge on any atom is -0.481 e. The Morgan fingerprint density at radius 2 is 1.00 bits per heavy atom. The number of carboxylic acids is 2. The van der Waals surface area contributed by atoms with E-state index in [-0.39, 0.29) is 11.8 Å². The SMILES string of the molecule is O=C(O)C(C(=O)OC(=O)C(C(=O)O)C1CCCC1)C1CCCC1. The van der Waals surface area contributed by atoms with Crippen LogP contribution in [-0.2, 0) is 23.9 Å². The molecule has 2 N–H and O–H groups in total. The van der Waals surface area contributed by atoms with Crippen LogP contribution in [0.25, 0.3) is 0 Å². The molecule has 0 aromatic carbocycles. The van der Waals surface area contributed by atoms with Gasteiger partial charge in [-0.15, -0.1) is 0 Å². The first kappa shape index (κ1) is 17.4. The number of hydrogen-bond acceptors (Lipinski definition) is 5. The second kappa shape index (κ2) is 7.57. The van der Waals surface area contributed by atoms with Crippen LogP contribution in [0.15, 0.2) is 0 Å². The van der Waals surface area contributed by atoms with Gasteiger partial charge in [0.05, 0.1) is 0 Å². The second-order valence-electron chi connectivity index (χ2n) is 6.46. The molecule has 128 valence electrons. The van der Waals surface area contributed by atoms with Crippen molar-refractivity contribution >= 4 is 23.9 Å². The first-order valence-electron chi connectivity index (χ1n) is 8.13. The maximum Gasteiger partial charge on any atom is 0.328 e. The van der Waals surface area contributed by atoms with Gasteiger partial charge in [-0.25, -0.2) is 0 Å². The van der Waals surface area contributed by atoms with Crippen LogP contribution in [0.1, 0.15) is 51.4 Å². The van der Waals surface area contributed by atoms with Crippen LogP contribution in [-0.4, -0.2) is 34.1 Å². The Morgan fingerprint density at radius 1 is 0.696 bits per heavy atom. The van der Waals surface area contributed by atoms with Gasteiger partial charge in [-0.3, -0.25) is 19.2 Å². The van der Waals surface area contributed by atoms with Crippen molar-refractivity contribution in [2.45, 2.75) is 51.4 Å². The molecule has 2 aliphatic carbocycles. The summed E-state index contributed by atoms with van der Waals surface area (Å²) in [5.74, 6) is -8.36. The lowest BCUT2D eigenvalue weighted by Crippen LogP contribution is -2.38. The van der Waals surface area contributed by atoms with E-state index in [9.17, 15) is 29.4 Å². The fourth-order valence-electron chi connectivity index (χ4n) is 3.80. The average Bonchev–Trinajstić information content (AvgIpc) is 3.11. The van der Waals surface area contributed by atoms with E-state index in [2.05, 4.69) is 4.74 Å². The van der Waals surface area contributed by atoms with Crippen LogP contribution in [0.3, 0.4) is 0 Å². The van der Waals surface area contributed by atoms with Crippen molar-refractivity contribution in [1.29, 1.82) is 0 Å². The number of ether oxygens (including phenoxy) is 1. The average molecular weight is 326 g/mol. The Balaban J connectivity index is 2.04. The number of aliphatic carboxylic acids is 2. The monoisotopic (exact) mass is 326 g/mol. The molecule has 0 heterocycles. The highest BCUT2D eigenvalue weighted by Crippen LogP contribution is 2.34. The zero-order valence-electron chi connectivity index (χ0n) is 12.9. The van der Waals surface area contributed by atoms with Gasteiger partial charge in [0.25, 0.3) is 0 Å².